The Morgan fingerprint density at radius 2 is 2.17 bits per heavy atom. The van der Waals surface area contributed by atoms with Crippen molar-refractivity contribution in [1.29, 1.82) is 0 Å². The molecule has 3 nitrogen and oxygen atoms in total. The number of carbonyl (C=O) groups excluding carboxylic acids is 1. The third kappa shape index (κ3) is 5.89. The Bertz CT molecular complexity index is 483. The molecule has 1 aromatic carbocycles. The lowest BCUT2D eigenvalue weighted by molar-refractivity contribution is -0.130. The first-order valence-corrected chi connectivity index (χ1v) is 10.2. The number of amides is 1. The summed E-state index contributed by atoms with van der Waals surface area (Å²) in [6.45, 7) is 2.93. The number of rotatable bonds is 5. The zero-order valence-corrected chi connectivity index (χ0v) is 15.7. The molecular weight excluding hydrogens is 348 g/mol. The smallest absolute Gasteiger partial charge is 0.224 e. The first-order chi connectivity index (χ1) is 10.8. The zero-order chi connectivity index (χ0) is 15.2. The minimum absolute atomic E-state index is 0. The lowest BCUT2D eigenvalue weighted by Crippen LogP contribution is -2.42. The van der Waals surface area contributed by atoms with Crippen molar-refractivity contribution in [3.63, 3.8) is 0 Å². The van der Waals surface area contributed by atoms with Crippen molar-refractivity contribution in [3.05, 3.63) is 30.3 Å². The molecule has 2 aliphatic heterocycles. The van der Waals surface area contributed by atoms with E-state index in [9.17, 15) is 4.79 Å². The van der Waals surface area contributed by atoms with Gasteiger partial charge in [0.05, 0.1) is 0 Å². The molecule has 3 rings (SSSR count). The van der Waals surface area contributed by atoms with Gasteiger partial charge in [-0.25, -0.2) is 0 Å². The predicted molar refractivity (Wildman–Crippen MR) is 103 cm³/mol. The van der Waals surface area contributed by atoms with Crippen LogP contribution in [0, 0.1) is 5.92 Å². The minimum Gasteiger partial charge on any atom is -0.342 e. The number of carbonyl (C=O) groups is 1. The van der Waals surface area contributed by atoms with E-state index in [2.05, 4.69) is 40.5 Å². The van der Waals surface area contributed by atoms with E-state index < -0.39 is 0 Å². The van der Waals surface area contributed by atoms with E-state index in [0.29, 0.717) is 24.3 Å². The van der Waals surface area contributed by atoms with Crippen molar-refractivity contribution in [2.45, 2.75) is 23.8 Å². The van der Waals surface area contributed by atoms with Crippen molar-refractivity contribution < 1.29 is 4.79 Å². The fraction of sp³-hybridized carbons (Fsp3) is 0.588. The lowest BCUT2D eigenvalue weighted by atomic mass is 10.1. The van der Waals surface area contributed by atoms with E-state index in [1.165, 1.54) is 10.6 Å². The van der Waals surface area contributed by atoms with Crippen LogP contribution in [0.25, 0.3) is 0 Å². The lowest BCUT2D eigenvalue weighted by Gasteiger charge is -2.25. The van der Waals surface area contributed by atoms with Crippen LogP contribution < -0.4 is 5.32 Å². The fourth-order valence-electron chi connectivity index (χ4n) is 3.02. The molecule has 1 amide bonds. The van der Waals surface area contributed by atoms with Gasteiger partial charge in [-0.3, -0.25) is 4.79 Å². The minimum atomic E-state index is 0. The Morgan fingerprint density at radius 3 is 2.91 bits per heavy atom. The van der Waals surface area contributed by atoms with Crippen LogP contribution in [-0.4, -0.2) is 53.7 Å². The molecule has 0 spiro atoms. The topological polar surface area (TPSA) is 32.3 Å². The Balaban J connectivity index is 0.00000192. The van der Waals surface area contributed by atoms with E-state index in [-0.39, 0.29) is 12.4 Å². The van der Waals surface area contributed by atoms with Gasteiger partial charge < -0.3 is 10.2 Å². The second-order valence-electron chi connectivity index (χ2n) is 6.05. The summed E-state index contributed by atoms with van der Waals surface area (Å²) in [5.74, 6) is 4.35. The summed E-state index contributed by atoms with van der Waals surface area (Å²) >= 11 is 3.87. The second-order valence-corrected chi connectivity index (χ2v) is 8.29. The number of thioether (sulfide) groups is 2. The predicted octanol–water partition coefficient (Wildman–Crippen LogP) is 3.14. The van der Waals surface area contributed by atoms with E-state index >= 15 is 0 Å². The maximum Gasteiger partial charge on any atom is 0.224 e. The summed E-state index contributed by atoms with van der Waals surface area (Å²) in [6.07, 6.45) is 1.82. The molecule has 0 aromatic heterocycles. The number of nitrogens with one attached hydrogen (secondary N) is 1. The Hall–Kier alpha value is -0.360. The summed E-state index contributed by atoms with van der Waals surface area (Å²) in [6, 6.07) is 10.9. The Kier molecular flexibility index (Phi) is 8.10. The van der Waals surface area contributed by atoms with Gasteiger partial charge in [-0.15, -0.1) is 24.2 Å². The summed E-state index contributed by atoms with van der Waals surface area (Å²) in [7, 11) is 0. The molecule has 0 aliphatic carbocycles. The van der Waals surface area contributed by atoms with E-state index in [1.807, 2.05) is 23.5 Å². The number of nitrogens with zero attached hydrogens (tertiary/aromatic N) is 1. The molecule has 0 bridgehead atoms. The van der Waals surface area contributed by atoms with Crippen LogP contribution >= 0.6 is 35.9 Å². The quantitative estimate of drug-likeness (QED) is 0.805. The maximum atomic E-state index is 12.4. The zero-order valence-electron chi connectivity index (χ0n) is 13.3. The van der Waals surface area contributed by atoms with Gasteiger partial charge in [0.2, 0.25) is 5.91 Å². The number of benzene rings is 1. The normalized spacial score (nSPS) is 24.3. The Labute approximate surface area is 153 Å². The molecule has 2 unspecified atom stereocenters. The second kappa shape index (κ2) is 9.82. The average molecular weight is 373 g/mol. The third-order valence-corrected chi connectivity index (χ3v) is 6.66. The van der Waals surface area contributed by atoms with Crippen LogP contribution in [0.1, 0.15) is 12.8 Å². The summed E-state index contributed by atoms with van der Waals surface area (Å²) < 4.78 is 0. The van der Waals surface area contributed by atoms with Crippen molar-refractivity contribution in [1.82, 2.24) is 10.2 Å². The van der Waals surface area contributed by atoms with E-state index in [0.717, 1.165) is 37.6 Å². The van der Waals surface area contributed by atoms with Gasteiger partial charge in [-0.1, -0.05) is 18.2 Å². The van der Waals surface area contributed by atoms with Gasteiger partial charge >= 0.3 is 0 Å². The van der Waals surface area contributed by atoms with Crippen LogP contribution in [0.5, 0.6) is 0 Å². The van der Waals surface area contributed by atoms with E-state index in [4.69, 9.17) is 0 Å². The SMILES string of the molecule is Cl.O=C(CC1CSCCN1)N1CCC(CSc2ccccc2)C1. The molecular formula is C17H25ClN2OS2. The molecule has 6 heteroatoms. The van der Waals surface area contributed by atoms with Gasteiger partial charge in [0.1, 0.15) is 0 Å². The number of likely N-dealkylation sites (tertiary alicyclic amines) is 1. The van der Waals surface area contributed by atoms with Gasteiger partial charge in [-0.05, 0) is 24.5 Å². The third-order valence-electron chi connectivity index (χ3n) is 4.29. The molecule has 2 atom stereocenters. The number of hydrogen-bond acceptors (Lipinski definition) is 4. The van der Waals surface area contributed by atoms with Crippen LogP contribution in [0.4, 0.5) is 0 Å². The van der Waals surface area contributed by atoms with Gasteiger partial charge in [-0.2, -0.15) is 11.8 Å². The molecule has 2 aliphatic rings. The van der Waals surface area contributed by atoms with Crippen molar-refractivity contribution in [3.8, 4) is 0 Å². The fourth-order valence-corrected chi connectivity index (χ4v) is 5.02. The summed E-state index contributed by atoms with van der Waals surface area (Å²) in [5.41, 5.74) is 0. The molecule has 1 aromatic rings. The molecule has 128 valence electrons. The molecule has 2 saturated heterocycles. The van der Waals surface area contributed by atoms with Gasteiger partial charge in [0.15, 0.2) is 0 Å². The molecule has 2 fully saturated rings. The maximum absolute atomic E-state index is 12.4. The van der Waals surface area contributed by atoms with Crippen molar-refractivity contribution in [2.24, 2.45) is 5.92 Å². The molecule has 23 heavy (non-hydrogen) atoms. The van der Waals surface area contributed by atoms with Crippen molar-refractivity contribution >= 4 is 41.8 Å². The van der Waals surface area contributed by atoms with Gasteiger partial charge in [0.25, 0.3) is 0 Å². The highest BCUT2D eigenvalue weighted by Gasteiger charge is 2.28. The summed E-state index contributed by atoms with van der Waals surface area (Å²) in [5, 5.41) is 3.46. The van der Waals surface area contributed by atoms with Gasteiger partial charge in [0, 0.05) is 54.3 Å². The van der Waals surface area contributed by atoms with Crippen LogP contribution in [0.3, 0.4) is 0 Å². The van der Waals surface area contributed by atoms with Crippen LogP contribution in [-0.2, 0) is 4.79 Å². The Morgan fingerprint density at radius 1 is 1.35 bits per heavy atom. The standard InChI is InChI=1S/C17H24N2OS2.ClH/c20-17(10-15-13-21-9-7-18-15)19-8-6-14(11-19)12-22-16-4-2-1-3-5-16;/h1-5,14-15,18H,6-13H2;1H. The van der Waals surface area contributed by atoms with Crippen LogP contribution in [0.2, 0.25) is 0 Å². The average Bonchev–Trinajstić information content (AvgIpc) is 3.04. The largest absolute Gasteiger partial charge is 0.342 e. The molecule has 2 heterocycles. The summed E-state index contributed by atoms with van der Waals surface area (Å²) in [4.78, 5) is 15.8. The first-order valence-electron chi connectivity index (χ1n) is 8.08. The van der Waals surface area contributed by atoms with E-state index in [1.54, 1.807) is 0 Å². The highest BCUT2D eigenvalue weighted by molar-refractivity contribution is 7.99. The molecule has 1 N–H and O–H groups in total. The molecule has 0 radical (unpaired) electrons. The number of halogens is 1. The number of hydrogen-bond donors (Lipinski definition) is 1. The highest BCUT2D eigenvalue weighted by Crippen LogP contribution is 2.26. The van der Waals surface area contributed by atoms with Crippen molar-refractivity contribution in [2.75, 3.05) is 36.9 Å². The van der Waals surface area contributed by atoms with Crippen LogP contribution in [0.15, 0.2) is 35.2 Å². The molecule has 0 saturated carbocycles. The first kappa shape index (κ1) is 19.0. The highest BCUT2D eigenvalue weighted by atomic mass is 35.5. The monoisotopic (exact) mass is 372 g/mol.